The highest BCUT2D eigenvalue weighted by atomic mass is 79.9. The maximum atomic E-state index is 12.4. The number of hydrogen-bond donors (Lipinski definition) is 2. The number of aryl methyl sites for hydroxylation is 1. The summed E-state index contributed by atoms with van der Waals surface area (Å²) in [5.41, 5.74) is 0.315. The van der Waals surface area contributed by atoms with Gasteiger partial charge in [-0.2, -0.15) is 0 Å². The van der Waals surface area contributed by atoms with E-state index in [1.165, 1.54) is 6.07 Å². The molecule has 5 nitrogen and oxygen atoms in total. The quantitative estimate of drug-likeness (QED) is 0.815. The van der Waals surface area contributed by atoms with Gasteiger partial charge in [0.1, 0.15) is 16.4 Å². The molecule has 0 unspecified atom stereocenters. The molecule has 0 aliphatic rings. The van der Waals surface area contributed by atoms with Crippen LogP contribution in [-0.4, -0.2) is 15.5 Å². The van der Waals surface area contributed by atoms with E-state index in [2.05, 4.69) is 26.0 Å². The highest BCUT2D eigenvalue weighted by Crippen LogP contribution is 2.29. The molecule has 0 bridgehead atoms. The molecule has 21 heavy (non-hydrogen) atoms. The molecule has 1 aromatic carbocycles. The summed E-state index contributed by atoms with van der Waals surface area (Å²) in [5, 5.41) is 3.22. The zero-order valence-corrected chi connectivity index (χ0v) is 14.6. The lowest BCUT2D eigenvalue weighted by Crippen LogP contribution is -2.13. The van der Waals surface area contributed by atoms with Crippen molar-refractivity contribution in [2.45, 2.75) is 18.4 Å². The molecule has 1 aromatic heterocycles. The average molecular weight is 394 g/mol. The van der Waals surface area contributed by atoms with E-state index < -0.39 is 10.0 Å². The van der Waals surface area contributed by atoms with Gasteiger partial charge in [-0.1, -0.05) is 27.5 Å². The van der Waals surface area contributed by atoms with E-state index in [0.29, 0.717) is 28.8 Å². The van der Waals surface area contributed by atoms with Crippen LogP contribution in [0.3, 0.4) is 0 Å². The fourth-order valence-corrected chi connectivity index (χ4v) is 3.89. The SMILES string of the molecule is CNCc1cc(S(=O)(=O)Nc2ccc(Br)cc2Cl)c(C)o1. The Hall–Kier alpha value is -1.02. The van der Waals surface area contributed by atoms with E-state index in [1.54, 1.807) is 32.2 Å². The molecule has 0 amide bonds. The minimum Gasteiger partial charge on any atom is -0.464 e. The lowest BCUT2D eigenvalue weighted by molar-refractivity contribution is 0.466. The van der Waals surface area contributed by atoms with Gasteiger partial charge in [0.05, 0.1) is 17.3 Å². The van der Waals surface area contributed by atoms with Crippen molar-refractivity contribution in [2.75, 3.05) is 11.8 Å². The van der Waals surface area contributed by atoms with Gasteiger partial charge in [0.25, 0.3) is 10.0 Å². The molecule has 0 fully saturated rings. The molecule has 0 atom stereocenters. The fourth-order valence-electron chi connectivity index (χ4n) is 1.82. The molecule has 2 rings (SSSR count). The molecule has 1 heterocycles. The number of halogens is 2. The van der Waals surface area contributed by atoms with E-state index in [9.17, 15) is 8.42 Å². The molecule has 0 spiro atoms. The molecule has 8 heteroatoms. The van der Waals surface area contributed by atoms with Crippen LogP contribution in [-0.2, 0) is 16.6 Å². The Morgan fingerprint density at radius 1 is 1.33 bits per heavy atom. The van der Waals surface area contributed by atoms with Crippen LogP contribution >= 0.6 is 27.5 Å². The number of nitrogens with one attached hydrogen (secondary N) is 2. The highest BCUT2D eigenvalue weighted by Gasteiger charge is 2.22. The monoisotopic (exact) mass is 392 g/mol. The van der Waals surface area contributed by atoms with Gasteiger partial charge in [-0.05, 0) is 32.2 Å². The minimum atomic E-state index is -3.75. The second kappa shape index (κ2) is 6.39. The molecule has 2 aromatic rings. The van der Waals surface area contributed by atoms with Crippen molar-refractivity contribution in [3.05, 3.63) is 45.3 Å². The topological polar surface area (TPSA) is 71.3 Å². The third-order valence-corrected chi connectivity index (χ3v) is 5.02. The first-order valence-electron chi connectivity index (χ1n) is 6.05. The van der Waals surface area contributed by atoms with E-state index >= 15 is 0 Å². The summed E-state index contributed by atoms with van der Waals surface area (Å²) in [4.78, 5) is 0.103. The molecule has 114 valence electrons. The number of furan rings is 1. The molecule has 0 saturated heterocycles. The Balaban J connectivity index is 2.34. The zero-order valence-electron chi connectivity index (χ0n) is 11.4. The largest absolute Gasteiger partial charge is 0.464 e. The third kappa shape index (κ3) is 3.79. The van der Waals surface area contributed by atoms with Crippen LogP contribution in [0.5, 0.6) is 0 Å². The Morgan fingerprint density at radius 3 is 2.67 bits per heavy atom. The predicted octanol–water partition coefficient (Wildman–Crippen LogP) is 3.52. The summed E-state index contributed by atoms with van der Waals surface area (Å²) in [7, 11) is -1.99. The predicted molar refractivity (Wildman–Crippen MR) is 86.2 cm³/mol. The van der Waals surface area contributed by atoms with E-state index in [1.807, 2.05) is 0 Å². The molecule has 0 saturated carbocycles. The Bertz CT molecular complexity index is 759. The van der Waals surface area contributed by atoms with Gasteiger partial charge in [0.15, 0.2) is 0 Å². The van der Waals surface area contributed by atoms with Crippen LogP contribution in [0.15, 0.2) is 38.1 Å². The van der Waals surface area contributed by atoms with E-state index in [0.717, 1.165) is 4.47 Å². The average Bonchev–Trinajstić information content (AvgIpc) is 2.75. The van der Waals surface area contributed by atoms with Gasteiger partial charge in [-0.25, -0.2) is 8.42 Å². The maximum Gasteiger partial charge on any atom is 0.265 e. The Labute approximate surface area is 136 Å². The lowest BCUT2D eigenvalue weighted by Gasteiger charge is -2.09. The zero-order chi connectivity index (χ0) is 15.6. The summed E-state index contributed by atoms with van der Waals surface area (Å²) in [5.74, 6) is 0.887. The van der Waals surface area contributed by atoms with E-state index in [-0.39, 0.29) is 4.90 Å². The second-order valence-electron chi connectivity index (χ2n) is 4.39. The van der Waals surface area contributed by atoms with Crippen LogP contribution in [0.25, 0.3) is 0 Å². The van der Waals surface area contributed by atoms with Gasteiger partial charge in [-0.3, -0.25) is 4.72 Å². The molecule has 0 aliphatic heterocycles. The summed E-state index contributed by atoms with van der Waals surface area (Å²) in [6.07, 6.45) is 0. The fraction of sp³-hybridized carbons (Fsp3) is 0.231. The number of sulfonamides is 1. The maximum absolute atomic E-state index is 12.4. The van der Waals surface area contributed by atoms with Crippen molar-refractivity contribution < 1.29 is 12.8 Å². The molecule has 0 aliphatic carbocycles. The summed E-state index contributed by atoms with van der Waals surface area (Å²) in [6, 6.07) is 6.42. The van der Waals surface area contributed by atoms with Gasteiger partial charge in [-0.15, -0.1) is 0 Å². The van der Waals surface area contributed by atoms with Crippen molar-refractivity contribution in [3.8, 4) is 0 Å². The molecule has 2 N–H and O–H groups in total. The van der Waals surface area contributed by atoms with Gasteiger partial charge in [0, 0.05) is 10.5 Å². The van der Waals surface area contributed by atoms with Crippen molar-refractivity contribution in [1.82, 2.24) is 5.32 Å². The van der Waals surface area contributed by atoms with Crippen molar-refractivity contribution in [2.24, 2.45) is 0 Å². The summed E-state index contributed by atoms with van der Waals surface area (Å²) < 4.78 is 33.5. The normalized spacial score (nSPS) is 11.6. The second-order valence-corrected chi connectivity index (χ2v) is 7.37. The van der Waals surface area contributed by atoms with Crippen LogP contribution in [0.1, 0.15) is 11.5 Å². The smallest absolute Gasteiger partial charge is 0.265 e. The summed E-state index contributed by atoms with van der Waals surface area (Å²) in [6.45, 7) is 2.06. The van der Waals surface area contributed by atoms with Crippen LogP contribution < -0.4 is 10.0 Å². The first-order chi connectivity index (χ1) is 9.83. The van der Waals surface area contributed by atoms with Gasteiger partial charge < -0.3 is 9.73 Å². The van der Waals surface area contributed by atoms with Crippen molar-refractivity contribution >= 4 is 43.2 Å². The molecular formula is C13H14BrClN2O3S. The molecule has 0 radical (unpaired) electrons. The first-order valence-corrected chi connectivity index (χ1v) is 8.70. The summed E-state index contributed by atoms with van der Waals surface area (Å²) >= 11 is 9.30. The van der Waals surface area contributed by atoms with Gasteiger partial charge >= 0.3 is 0 Å². The number of hydrogen-bond acceptors (Lipinski definition) is 4. The van der Waals surface area contributed by atoms with Crippen molar-refractivity contribution in [3.63, 3.8) is 0 Å². The number of rotatable bonds is 5. The first kappa shape index (κ1) is 16.4. The van der Waals surface area contributed by atoms with Gasteiger partial charge in [0.2, 0.25) is 0 Å². The Kier molecular flexibility index (Phi) is 4.98. The highest BCUT2D eigenvalue weighted by molar-refractivity contribution is 9.10. The van der Waals surface area contributed by atoms with Crippen LogP contribution in [0, 0.1) is 6.92 Å². The minimum absolute atomic E-state index is 0.103. The Morgan fingerprint density at radius 2 is 2.05 bits per heavy atom. The number of anilines is 1. The van der Waals surface area contributed by atoms with Crippen LogP contribution in [0.2, 0.25) is 5.02 Å². The lowest BCUT2D eigenvalue weighted by atomic mass is 10.3. The van der Waals surface area contributed by atoms with E-state index in [4.69, 9.17) is 16.0 Å². The standard InChI is InChI=1S/C13H14BrClN2O3S/c1-8-13(6-10(20-8)7-16-2)21(18,19)17-12-4-3-9(14)5-11(12)15/h3-6,16-17H,7H2,1-2H3. The third-order valence-electron chi connectivity index (χ3n) is 2.74. The number of benzene rings is 1. The van der Waals surface area contributed by atoms with Crippen LogP contribution in [0.4, 0.5) is 5.69 Å². The van der Waals surface area contributed by atoms with Crippen molar-refractivity contribution in [1.29, 1.82) is 0 Å². The molecular weight excluding hydrogens is 380 g/mol.